The van der Waals surface area contributed by atoms with Crippen molar-refractivity contribution in [1.82, 2.24) is 0 Å². The monoisotopic (exact) mass is 248 g/mol. The van der Waals surface area contributed by atoms with Crippen LogP contribution in [0, 0.1) is 5.92 Å². The van der Waals surface area contributed by atoms with Gasteiger partial charge in [0.25, 0.3) is 5.91 Å². The molecule has 0 spiro atoms. The molecule has 2 unspecified atom stereocenters. The van der Waals surface area contributed by atoms with Gasteiger partial charge in [0.15, 0.2) is 0 Å². The van der Waals surface area contributed by atoms with Gasteiger partial charge in [-0.2, -0.15) is 0 Å². The van der Waals surface area contributed by atoms with Crippen molar-refractivity contribution < 1.29 is 4.79 Å². The molecule has 2 atom stereocenters. The molecule has 1 aromatic carbocycles. The van der Waals surface area contributed by atoms with Crippen LogP contribution in [0.4, 0.5) is 0 Å². The molecule has 3 nitrogen and oxygen atoms in total. The third-order valence-corrected chi connectivity index (χ3v) is 3.16. The van der Waals surface area contributed by atoms with Gasteiger partial charge < -0.3 is 0 Å². The summed E-state index contributed by atoms with van der Waals surface area (Å²) in [6.45, 7) is 0. The molecule has 19 heavy (non-hydrogen) atoms. The van der Waals surface area contributed by atoms with Crippen molar-refractivity contribution in [3.05, 3.63) is 66.3 Å². The van der Waals surface area contributed by atoms with Crippen molar-refractivity contribution in [1.29, 1.82) is 0 Å². The number of rotatable bonds is 1. The zero-order chi connectivity index (χ0) is 13.1. The molecule has 0 saturated carbocycles. The Morgan fingerprint density at radius 2 is 1.95 bits per heavy atom. The molecule has 0 N–H and O–H groups in total. The summed E-state index contributed by atoms with van der Waals surface area (Å²) in [5.74, 6) is 2.38. The second-order valence-electron chi connectivity index (χ2n) is 4.40. The van der Waals surface area contributed by atoms with E-state index in [9.17, 15) is 4.79 Å². The van der Waals surface area contributed by atoms with E-state index in [-0.39, 0.29) is 17.9 Å². The number of allylic oxidation sites excluding steroid dienone is 3. The second-order valence-corrected chi connectivity index (χ2v) is 4.40. The van der Waals surface area contributed by atoms with Crippen LogP contribution in [0.5, 0.6) is 0 Å². The van der Waals surface area contributed by atoms with Gasteiger partial charge in [-0.3, -0.25) is 4.79 Å². The summed E-state index contributed by atoms with van der Waals surface area (Å²) < 4.78 is 0. The molecule has 3 rings (SSSR count). The van der Waals surface area contributed by atoms with Gasteiger partial charge in [-0.15, -0.1) is 0 Å². The van der Waals surface area contributed by atoms with Crippen LogP contribution in [0.25, 0.3) is 0 Å². The number of aliphatic imine (C=N–C) groups is 2. The van der Waals surface area contributed by atoms with Crippen molar-refractivity contribution in [2.24, 2.45) is 15.9 Å². The SMILES string of the molecule is O=C1C=C=NC(c2ccccc2)C2C=CC=C/C2=N/1. The number of benzene rings is 1. The molecule has 1 heterocycles. The van der Waals surface area contributed by atoms with E-state index in [1.165, 1.54) is 6.08 Å². The summed E-state index contributed by atoms with van der Waals surface area (Å²) in [4.78, 5) is 20.0. The molecule has 2 aliphatic rings. The minimum absolute atomic E-state index is 0.0162. The number of carbonyl (C=O) groups excluding carboxylic acids is 1. The Labute approximate surface area is 111 Å². The smallest absolute Gasteiger partial charge is 0.267 e. The molecule has 1 aliphatic heterocycles. The Morgan fingerprint density at radius 3 is 2.79 bits per heavy atom. The quantitative estimate of drug-likeness (QED) is 0.753. The molecule has 1 amide bonds. The van der Waals surface area contributed by atoms with Gasteiger partial charge in [-0.1, -0.05) is 48.6 Å². The highest BCUT2D eigenvalue weighted by Gasteiger charge is 2.26. The van der Waals surface area contributed by atoms with E-state index in [0.717, 1.165) is 11.3 Å². The van der Waals surface area contributed by atoms with Gasteiger partial charge in [-0.25, -0.2) is 9.98 Å². The summed E-state index contributed by atoms with van der Waals surface area (Å²) in [6.07, 6.45) is 9.03. The highest BCUT2D eigenvalue weighted by Crippen LogP contribution is 2.30. The molecule has 0 fully saturated rings. The number of carbonyl (C=O) groups is 1. The van der Waals surface area contributed by atoms with E-state index in [1.807, 2.05) is 54.6 Å². The number of fused-ring (bicyclic) bond motifs is 1. The van der Waals surface area contributed by atoms with E-state index in [1.54, 1.807) is 0 Å². The maximum Gasteiger partial charge on any atom is 0.279 e. The van der Waals surface area contributed by atoms with Crippen molar-refractivity contribution >= 4 is 17.5 Å². The summed E-state index contributed by atoms with van der Waals surface area (Å²) >= 11 is 0. The van der Waals surface area contributed by atoms with Gasteiger partial charge in [0.1, 0.15) is 0 Å². The van der Waals surface area contributed by atoms with Crippen LogP contribution in [0.1, 0.15) is 11.6 Å². The van der Waals surface area contributed by atoms with Gasteiger partial charge >= 0.3 is 0 Å². The molecular weight excluding hydrogens is 236 g/mol. The first kappa shape index (κ1) is 11.6. The lowest BCUT2D eigenvalue weighted by molar-refractivity contribution is -0.113. The van der Waals surface area contributed by atoms with Crippen LogP contribution in [-0.2, 0) is 4.79 Å². The first-order chi connectivity index (χ1) is 9.34. The topological polar surface area (TPSA) is 41.8 Å². The average Bonchev–Trinajstić information content (AvgIpc) is 2.43. The van der Waals surface area contributed by atoms with Crippen LogP contribution < -0.4 is 0 Å². The molecule has 1 aliphatic carbocycles. The molecule has 1 aromatic rings. The van der Waals surface area contributed by atoms with E-state index in [0.29, 0.717) is 0 Å². The number of amides is 1. The zero-order valence-electron chi connectivity index (χ0n) is 10.2. The highest BCUT2D eigenvalue weighted by atomic mass is 16.1. The third kappa shape index (κ3) is 2.37. The van der Waals surface area contributed by atoms with Crippen molar-refractivity contribution in [2.45, 2.75) is 6.04 Å². The fourth-order valence-corrected chi connectivity index (χ4v) is 2.27. The number of nitrogens with zero attached hydrogens (tertiary/aromatic N) is 2. The predicted molar refractivity (Wildman–Crippen MR) is 75.4 cm³/mol. The first-order valence-electron chi connectivity index (χ1n) is 6.15. The number of hydrogen-bond donors (Lipinski definition) is 0. The second kappa shape index (κ2) is 5.01. The highest BCUT2D eigenvalue weighted by molar-refractivity contribution is 6.10. The standard InChI is InChI=1S/C16H12N2O/c19-15-10-11-17-16(12-6-2-1-3-7-12)13-8-4-5-9-14(13)18-15/h1-10,13,16H/b18-14-. The lowest BCUT2D eigenvalue weighted by atomic mass is 9.86. The number of hydrogen-bond acceptors (Lipinski definition) is 2. The fourth-order valence-electron chi connectivity index (χ4n) is 2.27. The molecule has 0 radical (unpaired) electrons. The normalized spacial score (nSPS) is 27.4. The minimum Gasteiger partial charge on any atom is -0.267 e. The van der Waals surface area contributed by atoms with Gasteiger partial charge in [0.05, 0.1) is 17.8 Å². The van der Waals surface area contributed by atoms with Crippen LogP contribution in [0.15, 0.2) is 70.7 Å². The largest absolute Gasteiger partial charge is 0.279 e. The van der Waals surface area contributed by atoms with Gasteiger partial charge in [0.2, 0.25) is 0 Å². The first-order valence-corrected chi connectivity index (χ1v) is 6.15. The maximum atomic E-state index is 11.5. The molecule has 0 aromatic heterocycles. The Balaban J connectivity index is 2.10. The predicted octanol–water partition coefficient (Wildman–Crippen LogP) is 2.68. The Bertz CT molecular complexity index is 647. The molecular formula is C16H12N2O. The maximum absolute atomic E-state index is 11.5. The summed E-state index contributed by atoms with van der Waals surface area (Å²) in [5, 5.41) is 0. The molecule has 0 bridgehead atoms. The molecule has 0 saturated heterocycles. The molecule has 3 heteroatoms. The van der Waals surface area contributed by atoms with E-state index in [2.05, 4.69) is 15.9 Å². The van der Waals surface area contributed by atoms with E-state index < -0.39 is 0 Å². The zero-order valence-corrected chi connectivity index (χ0v) is 10.2. The summed E-state index contributed by atoms with van der Waals surface area (Å²) in [7, 11) is 0. The average molecular weight is 248 g/mol. The van der Waals surface area contributed by atoms with Crippen molar-refractivity contribution in [3.63, 3.8) is 0 Å². The Hall–Kier alpha value is -2.51. The molecule has 92 valence electrons. The van der Waals surface area contributed by atoms with Gasteiger partial charge in [0, 0.05) is 5.92 Å². The van der Waals surface area contributed by atoms with Gasteiger partial charge in [-0.05, 0) is 17.5 Å². The summed E-state index contributed by atoms with van der Waals surface area (Å²) in [5.41, 5.74) is 1.85. The van der Waals surface area contributed by atoms with E-state index in [4.69, 9.17) is 0 Å². The Morgan fingerprint density at radius 1 is 1.11 bits per heavy atom. The van der Waals surface area contributed by atoms with Crippen molar-refractivity contribution in [3.8, 4) is 0 Å². The Kier molecular flexibility index (Phi) is 3.05. The lowest BCUT2D eigenvalue weighted by Gasteiger charge is -2.23. The van der Waals surface area contributed by atoms with Crippen LogP contribution in [0.2, 0.25) is 0 Å². The van der Waals surface area contributed by atoms with Crippen LogP contribution in [0.3, 0.4) is 0 Å². The lowest BCUT2D eigenvalue weighted by Crippen LogP contribution is -2.21. The minimum atomic E-state index is -0.310. The van der Waals surface area contributed by atoms with Crippen LogP contribution >= 0.6 is 0 Å². The van der Waals surface area contributed by atoms with Crippen LogP contribution in [-0.4, -0.2) is 17.5 Å². The summed E-state index contributed by atoms with van der Waals surface area (Å²) in [6, 6.07) is 9.91. The van der Waals surface area contributed by atoms with E-state index >= 15 is 0 Å². The third-order valence-electron chi connectivity index (χ3n) is 3.16. The van der Waals surface area contributed by atoms with Crippen molar-refractivity contribution in [2.75, 3.05) is 0 Å². The fraction of sp³-hybridized carbons (Fsp3) is 0.125.